The number of nitrogens with one attached hydrogen (secondary N) is 1. The van der Waals surface area contributed by atoms with Crippen molar-refractivity contribution in [2.45, 2.75) is 19.4 Å². The highest BCUT2D eigenvalue weighted by molar-refractivity contribution is 5.94. The van der Waals surface area contributed by atoms with Crippen LogP contribution in [-0.2, 0) is 6.54 Å². The summed E-state index contributed by atoms with van der Waals surface area (Å²) in [7, 11) is 0. The Morgan fingerprint density at radius 3 is 2.50 bits per heavy atom. The van der Waals surface area contributed by atoms with Crippen molar-refractivity contribution in [1.82, 2.24) is 10.2 Å². The number of carbonyl (C=O) groups excluding carboxylic acids is 1. The molecule has 1 saturated heterocycles. The van der Waals surface area contributed by atoms with Gasteiger partial charge in [0, 0.05) is 6.54 Å². The molecule has 0 radical (unpaired) electrons. The minimum Gasteiger partial charge on any atom is -0.468 e. The van der Waals surface area contributed by atoms with Gasteiger partial charge in [0.1, 0.15) is 23.0 Å². The van der Waals surface area contributed by atoms with Gasteiger partial charge in [0.05, 0.1) is 12.8 Å². The van der Waals surface area contributed by atoms with Crippen LogP contribution in [0.5, 0.6) is 0 Å². The molecule has 0 unspecified atom stereocenters. The van der Waals surface area contributed by atoms with Crippen LogP contribution < -0.4 is 5.32 Å². The van der Waals surface area contributed by atoms with Crippen LogP contribution in [0.2, 0.25) is 0 Å². The zero-order chi connectivity index (χ0) is 16.9. The van der Waals surface area contributed by atoms with Crippen molar-refractivity contribution >= 4 is 5.91 Å². The van der Waals surface area contributed by atoms with E-state index >= 15 is 0 Å². The predicted molar refractivity (Wildman–Crippen MR) is 85.4 cm³/mol. The molecule has 1 aromatic carbocycles. The van der Waals surface area contributed by atoms with E-state index in [1.807, 2.05) is 12.1 Å². The molecule has 6 heteroatoms. The largest absolute Gasteiger partial charge is 0.468 e. The van der Waals surface area contributed by atoms with E-state index in [1.165, 1.54) is 6.07 Å². The van der Waals surface area contributed by atoms with Crippen LogP contribution in [0.3, 0.4) is 0 Å². The normalized spacial score (nSPS) is 16.2. The van der Waals surface area contributed by atoms with Crippen molar-refractivity contribution in [3.8, 4) is 0 Å². The topological polar surface area (TPSA) is 45.5 Å². The number of amides is 1. The predicted octanol–water partition coefficient (Wildman–Crippen LogP) is 3.20. The zero-order valence-corrected chi connectivity index (χ0v) is 13.3. The molecule has 0 spiro atoms. The highest BCUT2D eigenvalue weighted by Crippen LogP contribution is 2.19. The molecule has 2 aromatic rings. The number of halogens is 2. The van der Waals surface area contributed by atoms with Crippen LogP contribution in [0.4, 0.5) is 8.78 Å². The van der Waals surface area contributed by atoms with E-state index in [-0.39, 0.29) is 0 Å². The van der Waals surface area contributed by atoms with Crippen LogP contribution >= 0.6 is 0 Å². The summed E-state index contributed by atoms with van der Waals surface area (Å²) in [6, 6.07) is 7.25. The van der Waals surface area contributed by atoms with Gasteiger partial charge in [0.2, 0.25) is 0 Å². The molecular formula is C18H20F2N2O2. The number of furan rings is 1. The maximum absolute atomic E-state index is 13.6. The van der Waals surface area contributed by atoms with Crippen molar-refractivity contribution in [2.75, 3.05) is 19.6 Å². The molecule has 1 aromatic heterocycles. The second kappa shape index (κ2) is 7.57. The van der Waals surface area contributed by atoms with Crippen molar-refractivity contribution in [3.63, 3.8) is 0 Å². The number of piperidine rings is 1. The molecule has 0 aliphatic carbocycles. The van der Waals surface area contributed by atoms with Crippen LogP contribution in [-0.4, -0.2) is 30.4 Å². The monoisotopic (exact) mass is 334 g/mol. The van der Waals surface area contributed by atoms with Gasteiger partial charge in [0.15, 0.2) is 0 Å². The lowest BCUT2D eigenvalue weighted by Gasteiger charge is -2.31. The Bertz CT molecular complexity index is 660. The van der Waals surface area contributed by atoms with Crippen molar-refractivity contribution < 1.29 is 18.0 Å². The fourth-order valence-electron chi connectivity index (χ4n) is 3.01. The molecular weight excluding hydrogens is 314 g/mol. The Hall–Kier alpha value is -2.21. The Balaban J connectivity index is 1.46. The average molecular weight is 334 g/mol. The number of nitrogens with zero attached hydrogens (tertiary/aromatic N) is 1. The van der Waals surface area contributed by atoms with Gasteiger partial charge >= 0.3 is 0 Å². The van der Waals surface area contributed by atoms with Gasteiger partial charge in [0.25, 0.3) is 5.91 Å². The summed E-state index contributed by atoms with van der Waals surface area (Å²) in [6.45, 7) is 3.04. The lowest BCUT2D eigenvalue weighted by Crippen LogP contribution is -2.38. The molecule has 3 rings (SSSR count). The molecule has 128 valence electrons. The van der Waals surface area contributed by atoms with E-state index in [0.29, 0.717) is 12.5 Å². The summed E-state index contributed by atoms with van der Waals surface area (Å²) in [5, 5.41) is 2.65. The first-order valence-electron chi connectivity index (χ1n) is 8.10. The molecule has 1 aliphatic heterocycles. The first-order valence-corrected chi connectivity index (χ1v) is 8.10. The highest BCUT2D eigenvalue weighted by atomic mass is 19.1. The fraction of sp³-hybridized carbons (Fsp3) is 0.389. The molecule has 1 amide bonds. The van der Waals surface area contributed by atoms with Gasteiger partial charge in [-0.2, -0.15) is 0 Å². The van der Waals surface area contributed by atoms with Gasteiger partial charge in [-0.25, -0.2) is 8.78 Å². The SMILES string of the molecule is O=C(NCC1CCN(Cc2ccco2)CC1)c1c(F)cccc1F. The van der Waals surface area contributed by atoms with Crippen LogP contribution in [0, 0.1) is 17.6 Å². The summed E-state index contributed by atoms with van der Waals surface area (Å²) in [6.07, 6.45) is 3.53. The van der Waals surface area contributed by atoms with Crippen LogP contribution in [0.1, 0.15) is 29.0 Å². The third-order valence-corrected chi connectivity index (χ3v) is 4.41. The maximum atomic E-state index is 13.6. The Morgan fingerprint density at radius 1 is 1.17 bits per heavy atom. The van der Waals surface area contributed by atoms with Gasteiger partial charge in [-0.15, -0.1) is 0 Å². The van der Waals surface area contributed by atoms with E-state index in [0.717, 1.165) is 50.4 Å². The highest BCUT2D eigenvalue weighted by Gasteiger charge is 2.22. The standard InChI is InChI=1S/C18H20F2N2O2/c19-15-4-1-5-16(20)17(15)18(23)21-11-13-6-8-22(9-7-13)12-14-3-2-10-24-14/h1-5,10,13H,6-9,11-12H2,(H,21,23). The van der Waals surface area contributed by atoms with E-state index in [4.69, 9.17) is 4.42 Å². The molecule has 1 aliphatic rings. The Morgan fingerprint density at radius 2 is 1.88 bits per heavy atom. The summed E-state index contributed by atoms with van der Waals surface area (Å²) >= 11 is 0. The second-order valence-corrected chi connectivity index (χ2v) is 6.11. The minimum atomic E-state index is -0.833. The van der Waals surface area contributed by atoms with Gasteiger partial charge in [-0.3, -0.25) is 9.69 Å². The lowest BCUT2D eigenvalue weighted by atomic mass is 9.96. The Labute approximate surface area is 139 Å². The minimum absolute atomic E-state index is 0.316. The zero-order valence-electron chi connectivity index (χ0n) is 13.3. The first kappa shape index (κ1) is 16.6. The van der Waals surface area contributed by atoms with Crippen molar-refractivity contribution in [1.29, 1.82) is 0 Å². The third-order valence-electron chi connectivity index (χ3n) is 4.41. The molecule has 0 saturated carbocycles. The molecule has 0 bridgehead atoms. The van der Waals surface area contributed by atoms with Crippen molar-refractivity contribution in [2.24, 2.45) is 5.92 Å². The fourth-order valence-corrected chi connectivity index (χ4v) is 3.01. The molecule has 4 nitrogen and oxygen atoms in total. The summed E-state index contributed by atoms with van der Waals surface area (Å²) in [5.41, 5.74) is -0.507. The quantitative estimate of drug-likeness (QED) is 0.913. The molecule has 24 heavy (non-hydrogen) atoms. The van der Waals surface area contributed by atoms with Gasteiger partial charge in [-0.05, 0) is 56.1 Å². The van der Waals surface area contributed by atoms with E-state index in [9.17, 15) is 13.6 Å². The van der Waals surface area contributed by atoms with Crippen LogP contribution in [0.25, 0.3) is 0 Å². The number of rotatable bonds is 5. The summed E-state index contributed by atoms with van der Waals surface area (Å²) < 4.78 is 32.5. The number of benzene rings is 1. The number of carbonyl (C=O) groups is 1. The van der Waals surface area contributed by atoms with Gasteiger partial charge in [-0.1, -0.05) is 6.07 Å². The smallest absolute Gasteiger partial charge is 0.257 e. The number of hydrogen-bond donors (Lipinski definition) is 1. The van der Waals surface area contributed by atoms with E-state index < -0.39 is 23.1 Å². The molecule has 1 fully saturated rings. The number of hydrogen-bond acceptors (Lipinski definition) is 3. The summed E-state index contributed by atoms with van der Waals surface area (Å²) in [5.74, 6) is -1.10. The Kier molecular flexibility index (Phi) is 5.25. The first-order chi connectivity index (χ1) is 11.6. The average Bonchev–Trinajstić information content (AvgIpc) is 3.07. The molecule has 1 N–H and O–H groups in total. The van der Waals surface area contributed by atoms with Gasteiger partial charge < -0.3 is 9.73 Å². The van der Waals surface area contributed by atoms with E-state index in [1.54, 1.807) is 6.26 Å². The lowest BCUT2D eigenvalue weighted by molar-refractivity contribution is 0.0926. The maximum Gasteiger partial charge on any atom is 0.257 e. The van der Waals surface area contributed by atoms with E-state index in [2.05, 4.69) is 10.2 Å². The third kappa shape index (κ3) is 4.00. The number of likely N-dealkylation sites (tertiary alicyclic amines) is 1. The second-order valence-electron chi connectivity index (χ2n) is 6.11. The summed E-state index contributed by atoms with van der Waals surface area (Å²) in [4.78, 5) is 14.3. The van der Waals surface area contributed by atoms with Crippen molar-refractivity contribution in [3.05, 3.63) is 59.6 Å². The van der Waals surface area contributed by atoms with Crippen LogP contribution in [0.15, 0.2) is 41.0 Å². The molecule has 2 heterocycles. The molecule has 0 atom stereocenters.